The van der Waals surface area contributed by atoms with E-state index in [2.05, 4.69) is 15.9 Å². The molecule has 0 saturated heterocycles. The van der Waals surface area contributed by atoms with Crippen molar-refractivity contribution in [2.45, 2.75) is 6.92 Å². The third-order valence-electron chi connectivity index (χ3n) is 2.42. The van der Waals surface area contributed by atoms with Crippen LogP contribution < -0.4 is 0 Å². The van der Waals surface area contributed by atoms with Gasteiger partial charge in [0.2, 0.25) is 0 Å². The molecule has 16 heavy (non-hydrogen) atoms. The molecule has 1 heterocycles. The zero-order valence-electron chi connectivity index (χ0n) is 8.64. The Balaban J connectivity index is 2.61. The Morgan fingerprint density at radius 2 is 1.81 bits per heavy atom. The number of nitrogens with zero attached hydrogens (tertiary/aromatic N) is 1. The molecule has 0 amide bonds. The number of rotatable bonds is 1. The summed E-state index contributed by atoms with van der Waals surface area (Å²) in [6, 6.07) is 9.58. The van der Waals surface area contributed by atoms with E-state index in [4.69, 9.17) is 12.2 Å². The van der Waals surface area contributed by atoms with Crippen molar-refractivity contribution in [1.29, 1.82) is 0 Å². The van der Waals surface area contributed by atoms with Crippen LogP contribution in [0.15, 0.2) is 41.0 Å². The van der Waals surface area contributed by atoms with Gasteiger partial charge in [-0.25, -0.2) is 0 Å². The molecule has 0 aliphatic carbocycles. The lowest BCUT2D eigenvalue weighted by Gasteiger charge is -2.12. The lowest BCUT2D eigenvalue weighted by Crippen LogP contribution is -1.99. The minimum absolute atomic E-state index is 0.167. The van der Waals surface area contributed by atoms with E-state index in [0.717, 1.165) is 15.9 Å². The normalized spacial score (nSPS) is 10.4. The Morgan fingerprint density at radius 3 is 2.44 bits per heavy atom. The monoisotopic (exact) mass is 295 g/mol. The zero-order chi connectivity index (χ0) is 11.7. The van der Waals surface area contributed by atoms with Gasteiger partial charge >= 0.3 is 0 Å². The van der Waals surface area contributed by atoms with Gasteiger partial charge in [-0.15, -0.1) is 0 Å². The molecule has 2 nitrogen and oxygen atoms in total. The van der Waals surface area contributed by atoms with Crippen molar-refractivity contribution >= 4 is 28.1 Å². The highest BCUT2D eigenvalue weighted by Gasteiger charge is 2.04. The standard InChI is InChI=1S/C12H10BrNOS/c1-8-12(15)11(16)6-7-14(8)10-4-2-9(13)3-5-10/h2-7,15H,1H3. The summed E-state index contributed by atoms with van der Waals surface area (Å²) in [4.78, 5) is 0. The third-order valence-corrected chi connectivity index (χ3v) is 3.28. The smallest absolute Gasteiger partial charge is 0.153 e. The van der Waals surface area contributed by atoms with Gasteiger partial charge in [0.05, 0.1) is 10.2 Å². The van der Waals surface area contributed by atoms with Gasteiger partial charge < -0.3 is 9.67 Å². The molecule has 0 atom stereocenters. The number of halogens is 1. The molecule has 1 aromatic heterocycles. The molecule has 0 aliphatic rings. The van der Waals surface area contributed by atoms with Crippen LogP contribution in [0.3, 0.4) is 0 Å². The van der Waals surface area contributed by atoms with Crippen molar-refractivity contribution in [2.24, 2.45) is 0 Å². The largest absolute Gasteiger partial charge is 0.505 e. The zero-order valence-corrected chi connectivity index (χ0v) is 11.0. The minimum atomic E-state index is 0.167. The average Bonchev–Trinajstić information content (AvgIpc) is 2.28. The van der Waals surface area contributed by atoms with Crippen molar-refractivity contribution in [3.63, 3.8) is 0 Å². The number of hydrogen-bond acceptors (Lipinski definition) is 2. The van der Waals surface area contributed by atoms with Gasteiger partial charge in [0, 0.05) is 16.4 Å². The highest BCUT2D eigenvalue weighted by atomic mass is 79.9. The Kier molecular flexibility index (Phi) is 3.12. The van der Waals surface area contributed by atoms with Crippen LogP contribution in [0.1, 0.15) is 5.69 Å². The number of pyridine rings is 1. The van der Waals surface area contributed by atoms with Crippen LogP contribution in [0.5, 0.6) is 5.75 Å². The van der Waals surface area contributed by atoms with Gasteiger partial charge in [-0.1, -0.05) is 28.1 Å². The first-order valence-corrected chi connectivity index (χ1v) is 5.97. The molecular weight excluding hydrogens is 286 g/mol. The maximum absolute atomic E-state index is 9.77. The molecule has 0 aliphatic heterocycles. The first-order valence-electron chi connectivity index (χ1n) is 4.77. The fourth-order valence-electron chi connectivity index (χ4n) is 1.51. The fourth-order valence-corrected chi connectivity index (χ4v) is 1.98. The molecule has 1 aromatic carbocycles. The molecule has 1 N–H and O–H groups in total. The first kappa shape index (κ1) is 11.4. The SMILES string of the molecule is Cc1c(O)c(=S)ccn1-c1ccc(Br)cc1. The predicted molar refractivity (Wildman–Crippen MR) is 70.7 cm³/mol. The summed E-state index contributed by atoms with van der Waals surface area (Å²) in [6.07, 6.45) is 1.86. The van der Waals surface area contributed by atoms with E-state index in [1.807, 2.05) is 42.0 Å². The van der Waals surface area contributed by atoms with E-state index in [0.29, 0.717) is 4.51 Å². The van der Waals surface area contributed by atoms with E-state index in [1.54, 1.807) is 6.07 Å². The second-order valence-electron chi connectivity index (χ2n) is 3.46. The third kappa shape index (κ3) is 2.03. The van der Waals surface area contributed by atoms with Gasteiger partial charge in [-0.05, 0) is 37.3 Å². The Morgan fingerprint density at radius 1 is 1.19 bits per heavy atom. The molecule has 82 valence electrons. The number of benzene rings is 1. The van der Waals surface area contributed by atoms with Crippen molar-refractivity contribution in [1.82, 2.24) is 4.57 Å². The summed E-state index contributed by atoms with van der Waals surface area (Å²) in [5.41, 5.74) is 1.74. The Labute approximate surface area is 107 Å². The second-order valence-corrected chi connectivity index (χ2v) is 4.82. The van der Waals surface area contributed by atoms with Crippen molar-refractivity contribution < 1.29 is 5.11 Å². The minimum Gasteiger partial charge on any atom is -0.505 e. The van der Waals surface area contributed by atoms with Gasteiger partial charge in [0.1, 0.15) is 0 Å². The van der Waals surface area contributed by atoms with Crippen LogP contribution in [0.4, 0.5) is 0 Å². The van der Waals surface area contributed by atoms with Crippen LogP contribution in [-0.4, -0.2) is 9.67 Å². The quantitative estimate of drug-likeness (QED) is 0.805. The van der Waals surface area contributed by atoms with Crippen LogP contribution in [0.25, 0.3) is 5.69 Å². The van der Waals surface area contributed by atoms with Gasteiger partial charge in [0.15, 0.2) is 5.75 Å². The van der Waals surface area contributed by atoms with E-state index in [-0.39, 0.29) is 5.75 Å². The maximum atomic E-state index is 9.77. The summed E-state index contributed by atoms with van der Waals surface area (Å²) >= 11 is 8.39. The summed E-state index contributed by atoms with van der Waals surface area (Å²) in [6.45, 7) is 1.84. The molecule has 0 bridgehead atoms. The van der Waals surface area contributed by atoms with Crippen molar-refractivity contribution in [3.05, 3.63) is 51.2 Å². The molecule has 0 radical (unpaired) electrons. The van der Waals surface area contributed by atoms with Gasteiger partial charge in [-0.3, -0.25) is 0 Å². The van der Waals surface area contributed by atoms with Gasteiger partial charge in [0.25, 0.3) is 0 Å². The summed E-state index contributed by atoms with van der Waals surface area (Å²) in [5.74, 6) is 0.167. The molecule has 2 aromatic rings. The molecule has 0 fully saturated rings. The summed E-state index contributed by atoms with van der Waals surface area (Å²) < 4.78 is 3.40. The fraction of sp³-hybridized carbons (Fsp3) is 0.0833. The lowest BCUT2D eigenvalue weighted by atomic mass is 10.2. The lowest BCUT2D eigenvalue weighted by molar-refractivity contribution is 0.463. The topological polar surface area (TPSA) is 25.2 Å². The van der Waals surface area contributed by atoms with E-state index >= 15 is 0 Å². The predicted octanol–water partition coefficient (Wildman–Crippen LogP) is 3.98. The highest BCUT2D eigenvalue weighted by molar-refractivity contribution is 9.10. The van der Waals surface area contributed by atoms with Crippen LogP contribution in [0, 0.1) is 11.4 Å². The molecule has 0 saturated carbocycles. The Hall–Kier alpha value is -1.13. The van der Waals surface area contributed by atoms with Crippen molar-refractivity contribution in [2.75, 3.05) is 0 Å². The number of hydrogen-bond donors (Lipinski definition) is 1. The molecule has 4 heteroatoms. The van der Waals surface area contributed by atoms with Crippen LogP contribution >= 0.6 is 28.1 Å². The second kappa shape index (κ2) is 4.39. The van der Waals surface area contributed by atoms with E-state index in [1.165, 1.54) is 0 Å². The highest BCUT2D eigenvalue weighted by Crippen LogP contribution is 2.22. The summed E-state index contributed by atoms with van der Waals surface area (Å²) in [7, 11) is 0. The molecule has 2 rings (SSSR count). The van der Waals surface area contributed by atoms with E-state index < -0.39 is 0 Å². The maximum Gasteiger partial charge on any atom is 0.153 e. The molecular formula is C12H10BrNOS. The molecule has 0 spiro atoms. The van der Waals surface area contributed by atoms with Gasteiger partial charge in [-0.2, -0.15) is 0 Å². The Bertz CT molecular complexity index is 575. The molecule has 0 unspecified atom stereocenters. The van der Waals surface area contributed by atoms with Crippen LogP contribution in [-0.2, 0) is 0 Å². The number of aromatic nitrogens is 1. The summed E-state index contributed by atoms with van der Waals surface area (Å²) in [5, 5.41) is 9.77. The average molecular weight is 296 g/mol. The van der Waals surface area contributed by atoms with Crippen LogP contribution in [0.2, 0.25) is 0 Å². The van der Waals surface area contributed by atoms with E-state index in [9.17, 15) is 5.11 Å². The van der Waals surface area contributed by atoms with Crippen molar-refractivity contribution in [3.8, 4) is 11.4 Å². The first-order chi connectivity index (χ1) is 7.59. The number of aromatic hydroxyl groups is 1.